The second-order valence-electron chi connectivity index (χ2n) is 6.38. The summed E-state index contributed by atoms with van der Waals surface area (Å²) in [7, 11) is 0. The standard InChI is InChI=1S/C20H19F2N3O2S/c21-15-9-16(22)11-17(10-15)27-13-18-12-25(7-8-26-18)28-24-20-6-5-14-3-1-2-4-19(14)23-20/h1-6,9-11,18H,7-8,12-13H2,(H,23,24). The molecule has 146 valence electrons. The van der Waals surface area contributed by atoms with Gasteiger partial charge in [0.1, 0.15) is 35.9 Å². The number of para-hydroxylation sites is 1. The summed E-state index contributed by atoms with van der Waals surface area (Å²) in [5.74, 6) is -0.393. The first-order chi connectivity index (χ1) is 13.7. The molecule has 1 aliphatic rings. The van der Waals surface area contributed by atoms with E-state index in [-0.39, 0.29) is 18.5 Å². The summed E-state index contributed by atoms with van der Waals surface area (Å²) in [6.07, 6.45) is -0.195. The summed E-state index contributed by atoms with van der Waals surface area (Å²) < 4.78 is 43.0. The van der Waals surface area contributed by atoms with Gasteiger partial charge in [-0.15, -0.1) is 0 Å². The summed E-state index contributed by atoms with van der Waals surface area (Å²) in [5.41, 5.74) is 0.934. The van der Waals surface area contributed by atoms with Gasteiger partial charge in [0.25, 0.3) is 0 Å². The minimum Gasteiger partial charge on any atom is -0.491 e. The number of nitrogens with zero attached hydrogens (tertiary/aromatic N) is 2. The van der Waals surface area contributed by atoms with E-state index >= 15 is 0 Å². The smallest absolute Gasteiger partial charge is 0.137 e. The largest absolute Gasteiger partial charge is 0.491 e. The van der Waals surface area contributed by atoms with E-state index in [1.165, 1.54) is 12.1 Å². The van der Waals surface area contributed by atoms with Crippen molar-refractivity contribution in [3.05, 3.63) is 66.2 Å². The van der Waals surface area contributed by atoms with Crippen LogP contribution in [0.5, 0.6) is 5.75 Å². The molecule has 0 radical (unpaired) electrons. The predicted molar refractivity (Wildman–Crippen MR) is 106 cm³/mol. The molecule has 0 bridgehead atoms. The van der Waals surface area contributed by atoms with Crippen molar-refractivity contribution in [2.45, 2.75) is 6.10 Å². The van der Waals surface area contributed by atoms with E-state index in [1.807, 2.05) is 36.4 Å². The Bertz CT molecular complexity index is 939. The van der Waals surface area contributed by atoms with Gasteiger partial charge < -0.3 is 14.2 Å². The van der Waals surface area contributed by atoms with Crippen molar-refractivity contribution >= 4 is 28.9 Å². The topological polar surface area (TPSA) is 46.6 Å². The number of halogens is 2. The molecule has 1 aliphatic heterocycles. The Morgan fingerprint density at radius 3 is 2.82 bits per heavy atom. The van der Waals surface area contributed by atoms with Gasteiger partial charge in [-0.05, 0) is 18.2 Å². The molecule has 8 heteroatoms. The van der Waals surface area contributed by atoms with E-state index in [1.54, 1.807) is 0 Å². The van der Waals surface area contributed by atoms with E-state index in [0.717, 1.165) is 41.5 Å². The molecule has 1 saturated heterocycles. The van der Waals surface area contributed by atoms with Crippen molar-refractivity contribution in [2.75, 3.05) is 31.0 Å². The van der Waals surface area contributed by atoms with Gasteiger partial charge in [0.05, 0.1) is 12.1 Å². The summed E-state index contributed by atoms with van der Waals surface area (Å²) >= 11 is 1.45. The van der Waals surface area contributed by atoms with Crippen molar-refractivity contribution in [3.63, 3.8) is 0 Å². The molecule has 3 aromatic rings. The van der Waals surface area contributed by atoms with E-state index in [4.69, 9.17) is 9.47 Å². The maximum Gasteiger partial charge on any atom is 0.137 e. The molecular formula is C20H19F2N3O2S. The lowest BCUT2D eigenvalue weighted by Crippen LogP contribution is -2.42. The lowest BCUT2D eigenvalue weighted by atomic mass is 10.2. The van der Waals surface area contributed by atoms with Crippen LogP contribution in [0.2, 0.25) is 0 Å². The fourth-order valence-electron chi connectivity index (χ4n) is 2.91. The number of aromatic nitrogens is 1. The highest BCUT2D eigenvalue weighted by atomic mass is 32.2. The van der Waals surface area contributed by atoms with Crippen LogP contribution in [0, 0.1) is 11.6 Å². The lowest BCUT2D eigenvalue weighted by Gasteiger charge is -2.31. The minimum atomic E-state index is -0.663. The molecule has 2 heterocycles. The number of ether oxygens (including phenoxy) is 2. The van der Waals surface area contributed by atoms with Crippen molar-refractivity contribution in [1.29, 1.82) is 0 Å². The van der Waals surface area contributed by atoms with Gasteiger partial charge in [-0.25, -0.2) is 18.1 Å². The third-order valence-corrected chi connectivity index (χ3v) is 5.14. The van der Waals surface area contributed by atoms with Crippen molar-refractivity contribution in [1.82, 2.24) is 9.29 Å². The summed E-state index contributed by atoms with van der Waals surface area (Å²) in [6.45, 7) is 2.12. The number of pyridine rings is 1. The highest BCUT2D eigenvalue weighted by molar-refractivity contribution is 7.98. The third kappa shape index (κ3) is 4.89. The molecule has 2 aromatic carbocycles. The van der Waals surface area contributed by atoms with Gasteiger partial charge in [0, 0.05) is 48.8 Å². The number of fused-ring (bicyclic) bond motifs is 1. The van der Waals surface area contributed by atoms with Crippen LogP contribution in [0.4, 0.5) is 14.6 Å². The first kappa shape index (κ1) is 18.9. The first-order valence-corrected chi connectivity index (χ1v) is 9.67. The highest BCUT2D eigenvalue weighted by Crippen LogP contribution is 2.21. The monoisotopic (exact) mass is 403 g/mol. The molecule has 1 N–H and O–H groups in total. The molecular weight excluding hydrogens is 384 g/mol. The number of hydrogen-bond donors (Lipinski definition) is 1. The Kier molecular flexibility index (Phi) is 5.90. The van der Waals surface area contributed by atoms with Gasteiger partial charge in [-0.2, -0.15) is 0 Å². The van der Waals surface area contributed by atoms with Gasteiger partial charge in [0.2, 0.25) is 0 Å². The van der Waals surface area contributed by atoms with E-state index in [0.29, 0.717) is 13.2 Å². The van der Waals surface area contributed by atoms with Crippen LogP contribution in [0.3, 0.4) is 0 Å². The maximum atomic E-state index is 13.2. The van der Waals surface area contributed by atoms with Crippen LogP contribution in [-0.2, 0) is 4.74 Å². The summed E-state index contributed by atoms with van der Waals surface area (Å²) in [5, 5.41) is 1.09. The Morgan fingerprint density at radius 2 is 1.96 bits per heavy atom. The van der Waals surface area contributed by atoms with Crippen molar-refractivity contribution < 1.29 is 18.3 Å². The zero-order valence-corrected chi connectivity index (χ0v) is 15.8. The van der Waals surface area contributed by atoms with Crippen LogP contribution >= 0.6 is 12.1 Å². The Hall–Kier alpha value is -2.42. The average molecular weight is 403 g/mol. The predicted octanol–water partition coefficient (Wildman–Crippen LogP) is 4.27. The van der Waals surface area contributed by atoms with Crippen LogP contribution in [-0.4, -0.2) is 41.7 Å². The first-order valence-electron chi connectivity index (χ1n) is 8.90. The van der Waals surface area contributed by atoms with Crippen molar-refractivity contribution in [3.8, 4) is 5.75 Å². The fourth-order valence-corrected chi connectivity index (χ4v) is 3.65. The zero-order chi connectivity index (χ0) is 19.3. The molecule has 0 aliphatic carbocycles. The molecule has 4 rings (SSSR count). The molecule has 1 atom stereocenters. The minimum absolute atomic E-state index is 0.157. The number of rotatable bonds is 6. The summed E-state index contributed by atoms with van der Waals surface area (Å²) in [6, 6.07) is 15.0. The van der Waals surface area contributed by atoms with Gasteiger partial charge in [0.15, 0.2) is 0 Å². The van der Waals surface area contributed by atoms with Gasteiger partial charge in [-0.1, -0.05) is 18.2 Å². The average Bonchev–Trinajstić information content (AvgIpc) is 2.70. The maximum absolute atomic E-state index is 13.2. The number of hydrogen-bond acceptors (Lipinski definition) is 6. The molecule has 1 aromatic heterocycles. The second-order valence-corrected chi connectivity index (χ2v) is 7.28. The number of anilines is 1. The molecule has 0 spiro atoms. The molecule has 1 fully saturated rings. The van der Waals surface area contributed by atoms with E-state index < -0.39 is 11.6 Å². The summed E-state index contributed by atoms with van der Waals surface area (Å²) in [4.78, 5) is 4.59. The van der Waals surface area contributed by atoms with Crippen LogP contribution < -0.4 is 9.46 Å². The molecule has 5 nitrogen and oxygen atoms in total. The van der Waals surface area contributed by atoms with Gasteiger partial charge in [-0.3, -0.25) is 0 Å². The number of nitrogens with one attached hydrogen (secondary N) is 1. The van der Waals surface area contributed by atoms with Crippen molar-refractivity contribution in [2.24, 2.45) is 0 Å². The second kappa shape index (κ2) is 8.72. The number of benzene rings is 2. The van der Waals surface area contributed by atoms with Gasteiger partial charge >= 0.3 is 0 Å². The van der Waals surface area contributed by atoms with Crippen LogP contribution in [0.1, 0.15) is 0 Å². The Balaban J connectivity index is 1.29. The molecule has 0 amide bonds. The fraction of sp³-hybridized carbons (Fsp3) is 0.250. The van der Waals surface area contributed by atoms with Crippen LogP contribution in [0.15, 0.2) is 54.6 Å². The third-order valence-electron chi connectivity index (χ3n) is 4.25. The Morgan fingerprint density at radius 1 is 1.14 bits per heavy atom. The van der Waals surface area contributed by atoms with E-state index in [9.17, 15) is 8.78 Å². The molecule has 1 unspecified atom stereocenters. The highest BCUT2D eigenvalue weighted by Gasteiger charge is 2.22. The normalized spacial score (nSPS) is 17.6. The molecule has 28 heavy (non-hydrogen) atoms. The number of morpholine rings is 1. The van der Waals surface area contributed by atoms with E-state index in [2.05, 4.69) is 14.0 Å². The SMILES string of the molecule is Fc1cc(F)cc(OCC2CN(SNc3ccc4ccccc4n3)CCO2)c1. The zero-order valence-electron chi connectivity index (χ0n) is 15.0. The molecule has 0 saturated carbocycles. The van der Waals surface area contributed by atoms with Crippen LogP contribution in [0.25, 0.3) is 10.9 Å². The quantitative estimate of drug-likeness (QED) is 0.621. The lowest BCUT2D eigenvalue weighted by molar-refractivity contribution is -0.0224. The Labute approximate surface area is 165 Å².